The molecule has 0 spiro atoms. The summed E-state index contributed by atoms with van der Waals surface area (Å²) in [6, 6.07) is 11.5. The molecule has 0 saturated carbocycles. The maximum atomic E-state index is 12.0. The number of esters is 1. The van der Waals surface area contributed by atoms with Gasteiger partial charge in [0.15, 0.2) is 0 Å². The summed E-state index contributed by atoms with van der Waals surface area (Å²) in [4.78, 5) is 12.0. The Kier molecular flexibility index (Phi) is 9.49. The summed E-state index contributed by atoms with van der Waals surface area (Å²) in [5.41, 5.74) is 1.17. The number of hydrogen-bond acceptors (Lipinski definition) is 5. The Balaban J connectivity index is 2.53. The molecule has 0 N–H and O–H groups in total. The first-order valence-corrected chi connectivity index (χ1v) is 9.91. The summed E-state index contributed by atoms with van der Waals surface area (Å²) in [6.45, 7) is 5.53. The summed E-state index contributed by atoms with van der Waals surface area (Å²) < 4.78 is 10.6. The van der Waals surface area contributed by atoms with Gasteiger partial charge in [-0.25, -0.2) is 4.79 Å². The second kappa shape index (κ2) is 11.1. The van der Waals surface area contributed by atoms with Crippen LogP contribution in [0.25, 0.3) is 0 Å². The molecule has 0 aliphatic carbocycles. The normalized spacial score (nSPS) is 13.5. The van der Waals surface area contributed by atoms with Gasteiger partial charge in [0.05, 0.1) is 17.7 Å². The van der Waals surface area contributed by atoms with Gasteiger partial charge in [0.1, 0.15) is 16.5 Å². The molecule has 1 rings (SSSR count). The topological polar surface area (TPSA) is 83.1 Å². The van der Waals surface area contributed by atoms with E-state index in [1.807, 2.05) is 45.0 Å². The fourth-order valence-corrected chi connectivity index (χ4v) is 3.27. The molecule has 0 bridgehead atoms. The SMILES string of the molecule is COC(Br)C(CCCCc1ccc(C(=O)OC(C)(C)C)cc1)C(C#N)C#N. The molecule has 0 saturated heterocycles. The lowest BCUT2D eigenvalue weighted by Gasteiger charge is -2.21. The minimum atomic E-state index is -0.692. The molecule has 1 aromatic rings. The molecule has 6 heteroatoms. The number of ether oxygens (including phenoxy) is 2. The smallest absolute Gasteiger partial charge is 0.338 e. The number of hydrogen-bond donors (Lipinski definition) is 0. The van der Waals surface area contributed by atoms with Crippen LogP contribution in [-0.2, 0) is 15.9 Å². The lowest BCUT2D eigenvalue weighted by molar-refractivity contribution is 0.00695. The zero-order valence-corrected chi connectivity index (χ0v) is 18.0. The zero-order valence-electron chi connectivity index (χ0n) is 16.4. The Labute approximate surface area is 170 Å². The quantitative estimate of drug-likeness (QED) is 0.310. The number of aryl methyl sites for hydroxylation is 1. The van der Waals surface area contributed by atoms with Gasteiger partial charge in [0.25, 0.3) is 0 Å². The predicted octanol–water partition coefficient (Wildman–Crippen LogP) is 5.00. The Morgan fingerprint density at radius 1 is 1.15 bits per heavy atom. The molecular formula is C21H27BrN2O3. The van der Waals surface area contributed by atoms with Crippen molar-refractivity contribution in [1.82, 2.24) is 0 Å². The van der Waals surface area contributed by atoms with Crippen LogP contribution in [0.5, 0.6) is 0 Å². The van der Waals surface area contributed by atoms with Gasteiger partial charge in [-0.05, 0) is 57.7 Å². The average molecular weight is 435 g/mol. The third kappa shape index (κ3) is 8.12. The lowest BCUT2D eigenvalue weighted by atomic mass is 9.90. The molecule has 0 heterocycles. The Morgan fingerprint density at radius 2 is 1.74 bits per heavy atom. The number of unbranched alkanes of at least 4 members (excludes halogenated alkanes) is 1. The van der Waals surface area contributed by atoms with Gasteiger partial charge in [-0.3, -0.25) is 0 Å². The number of carbonyl (C=O) groups excluding carboxylic acids is 1. The number of alkyl halides is 1. The number of benzene rings is 1. The summed E-state index contributed by atoms with van der Waals surface area (Å²) in [6.07, 6.45) is 3.40. The van der Waals surface area contributed by atoms with Crippen LogP contribution < -0.4 is 0 Å². The van der Waals surface area contributed by atoms with Crippen molar-refractivity contribution >= 4 is 21.9 Å². The van der Waals surface area contributed by atoms with Crippen LogP contribution in [0.3, 0.4) is 0 Å². The minimum Gasteiger partial charge on any atom is -0.456 e. The van der Waals surface area contributed by atoms with E-state index in [1.54, 1.807) is 19.2 Å². The zero-order chi connectivity index (χ0) is 20.4. The van der Waals surface area contributed by atoms with E-state index < -0.39 is 11.5 Å². The van der Waals surface area contributed by atoms with Crippen molar-refractivity contribution in [2.45, 2.75) is 57.1 Å². The molecular weight excluding hydrogens is 408 g/mol. The van der Waals surface area contributed by atoms with E-state index in [1.165, 1.54) is 0 Å². The molecule has 2 unspecified atom stereocenters. The van der Waals surface area contributed by atoms with E-state index in [0.29, 0.717) is 5.56 Å². The summed E-state index contributed by atoms with van der Waals surface area (Å²) in [5.74, 6) is -1.18. The molecule has 27 heavy (non-hydrogen) atoms. The highest BCUT2D eigenvalue weighted by Crippen LogP contribution is 2.27. The highest BCUT2D eigenvalue weighted by Gasteiger charge is 2.27. The maximum absolute atomic E-state index is 12.0. The molecule has 0 aliphatic heterocycles. The molecule has 0 aromatic heterocycles. The highest BCUT2D eigenvalue weighted by molar-refractivity contribution is 9.09. The highest BCUT2D eigenvalue weighted by atomic mass is 79.9. The molecule has 1 aromatic carbocycles. The van der Waals surface area contributed by atoms with E-state index in [4.69, 9.17) is 20.0 Å². The van der Waals surface area contributed by atoms with Crippen molar-refractivity contribution in [1.29, 1.82) is 10.5 Å². The van der Waals surface area contributed by atoms with E-state index in [-0.39, 0.29) is 16.9 Å². The van der Waals surface area contributed by atoms with Crippen LogP contribution >= 0.6 is 15.9 Å². The fraction of sp³-hybridized carbons (Fsp3) is 0.571. The summed E-state index contributed by atoms with van der Waals surface area (Å²) >= 11 is 3.40. The van der Waals surface area contributed by atoms with Crippen molar-refractivity contribution in [2.75, 3.05) is 7.11 Å². The lowest BCUT2D eigenvalue weighted by Crippen LogP contribution is -2.23. The monoisotopic (exact) mass is 434 g/mol. The summed E-state index contributed by atoms with van der Waals surface area (Å²) in [5, 5.41) is 17.9. The first-order chi connectivity index (χ1) is 12.7. The largest absolute Gasteiger partial charge is 0.456 e. The van der Waals surface area contributed by atoms with Gasteiger partial charge < -0.3 is 9.47 Å². The van der Waals surface area contributed by atoms with Crippen LogP contribution in [-0.4, -0.2) is 23.7 Å². The van der Waals surface area contributed by atoms with Gasteiger partial charge in [-0.1, -0.05) is 34.5 Å². The van der Waals surface area contributed by atoms with Gasteiger partial charge in [0, 0.05) is 13.0 Å². The van der Waals surface area contributed by atoms with E-state index >= 15 is 0 Å². The van der Waals surface area contributed by atoms with Gasteiger partial charge in [-0.2, -0.15) is 10.5 Å². The van der Waals surface area contributed by atoms with Gasteiger partial charge in [0.2, 0.25) is 0 Å². The maximum Gasteiger partial charge on any atom is 0.338 e. The third-order valence-corrected chi connectivity index (χ3v) is 5.16. The molecule has 146 valence electrons. The molecule has 0 amide bonds. The van der Waals surface area contributed by atoms with Crippen molar-refractivity contribution in [3.8, 4) is 12.1 Å². The van der Waals surface area contributed by atoms with Crippen LogP contribution in [0.15, 0.2) is 24.3 Å². The van der Waals surface area contributed by atoms with E-state index in [2.05, 4.69) is 15.9 Å². The molecule has 0 radical (unpaired) electrons. The van der Waals surface area contributed by atoms with Gasteiger partial charge in [-0.15, -0.1) is 0 Å². The van der Waals surface area contributed by atoms with Crippen LogP contribution in [0, 0.1) is 34.5 Å². The predicted molar refractivity (Wildman–Crippen MR) is 107 cm³/mol. The first-order valence-electron chi connectivity index (χ1n) is 9.00. The summed E-state index contributed by atoms with van der Waals surface area (Å²) in [7, 11) is 1.56. The number of nitriles is 2. The van der Waals surface area contributed by atoms with Crippen LogP contribution in [0.4, 0.5) is 0 Å². The molecule has 0 aliphatic rings. The number of carbonyl (C=O) groups is 1. The second-order valence-corrected chi connectivity index (χ2v) is 8.33. The van der Waals surface area contributed by atoms with Crippen molar-refractivity contribution in [3.63, 3.8) is 0 Å². The van der Waals surface area contributed by atoms with E-state index in [9.17, 15) is 4.79 Å². The van der Waals surface area contributed by atoms with Gasteiger partial charge >= 0.3 is 5.97 Å². The Hall–Kier alpha value is -1.89. The number of halogens is 1. The van der Waals surface area contributed by atoms with Crippen molar-refractivity contribution in [2.24, 2.45) is 11.8 Å². The molecule has 0 fully saturated rings. The van der Waals surface area contributed by atoms with Crippen LogP contribution in [0.1, 0.15) is 56.0 Å². The standard InChI is InChI=1S/C21H27BrN2O3/c1-21(2,3)27-20(25)16-11-9-15(10-12-16)7-5-6-8-18(19(22)26-4)17(13-23)14-24/h9-12,17-19H,5-8H2,1-4H3. The number of rotatable bonds is 9. The van der Waals surface area contributed by atoms with Crippen molar-refractivity contribution < 1.29 is 14.3 Å². The van der Waals surface area contributed by atoms with Crippen LogP contribution in [0.2, 0.25) is 0 Å². The molecule has 5 nitrogen and oxygen atoms in total. The number of nitrogens with zero attached hydrogens (tertiary/aromatic N) is 2. The second-order valence-electron chi connectivity index (χ2n) is 7.43. The number of methoxy groups -OCH3 is 1. The van der Waals surface area contributed by atoms with E-state index in [0.717, 1.165) is 31.2 Å². The first kappa shape index (κ1) is 23.1. The van der Waals surface area contributed by atoms with Crippen molar-refractivity contribution in [3.05, 3.63) is 35.4 Å². The third-order valence-electron chi connectivity index (χ3n) is 4.11. The fourth-order valence-electron chi connectivity index (χ4n) is 2.70. The average Bonchev–Trinajstić information content (AvgIpc) is 2.62. The molecule has 2 atom stereocenters. The Morgan fingerprint density at radius 3 is 2.22 bits per heavy atom. The minimum absolute atomic E-state index is 0.167. The Bertz CT molecular complexity index is 669.